The predicted molar refractivity (Wildman–Crippen MR) is 105 cm³/mol. The van der Waals surface area contributed by atoms with E-state index in [-0.39, 0.29) is 12.5 Å². The van der Waals surface area contributed by atoms with Gasteiger partial charge in [0, 0.05) is 24.5 Å². The van der Waals surface area contributed by atoms with Crippen LogP contribution in [0, 0.1) is 0 Å². The number of amides is 1. The van der Waals surface area contributed by atoms with Gasteiger partial charge in [-0.2, -0.15) is 0 Å². The quantitative estimate of drug-likeness (QED) is 0.462. The highest BCUT2D eigenvalue weighted by Crippen LogP contribution is 2.27. The van der Waals surface area contributed by atoms with E-state index >= 15 is 0 Å². The van der Waals surface area contributed by atoms with Crippen molar-refractivity contribution in [1.82, 2.24) is 20.9 Å². The van der Waals surface area contributed by atoms with E-state index < -0.39 is 0 Å². The monoisotopic (exact) mass is 365 g/mol. The zero-order chi connectivity index (χ0) is 17.9. The lowest BCUT2D eigenvalue weighted by molar-refractivity contribution is -0.119. The highest BCUT2D eigenvalue weighted by molar-refractivity contribution is 7.10. The molecule has 1 amide bonds. The summed E-state index contributed by atoms with van der Waals surface area (Å²) >= 11 is 1.80. The molecule has 1 atom stereocenters. The van der Waals surface area contributed by atoms with E-state index in [0.29, 0.717) is 18.5 Å². The summed E-state index contributed by atoms with van der Waals surface area (Å²) < 4.78 is 0. The molecule has 1 aliphatic heterocycles. The van der Waals surface area contributed by atoms with Gasteiger partial charge in [-0.15, -0.1) is 11.3 Å². The van der Waals surface area contributed by atoms with E-state index in [1.54, 1.807) is 11.3 Å². The van der Waals surface area contributed by atoms with Crippen molar-refractivity contribution in [2.24, 2.45) is 4.99 Å². The van der Waals surface area contributed by atoms with Crippen molar-refractivity contribution < 1.29 is 4.79 Å². The number of nitrogens with zero attached hydrogens (tertiary/aromatic N) is 2. The Hall–Kier alpha value is -1.60. The Morgan fingerprint density at radius 2 is 2.08 bits per heavy atom. The van der Waals surface area contributed by atoms with Gasteiger partial charge in [0.15, 0.2) is 5.96 Å². The molecule has 1 aliphatic rings. The van der Waals surface area contributed by atoms with Gasteiger partial charge in [0.25, 0.3) is 0 Å². The van der Waals surface area contributed by atoms with Gasteiger partial charge in [-0.05, 0) is 50.7 Å². The summed E-state index contributed by atoms with van der Waals surface area (Å²) in [7, 11) is 0. The van der Waals surface area contributed by atoms with Crippen molar-refractivity contribution >= 4 is 23.2 Å². The molecule has 0 aromatic carbocycles. The topological polar surface area (TPSA) is 68.8 Å². The average molecular weight is 366 g/mol. The van der Waals surface area contributed by atoms with Gasteiger partial charge in [0.1, 0.15) is 6.54 Å². The fourth-order valence-corrected chi connectivity index (χ4v) is 3.81. The lowest BCUT2D eigenvalue weighted by Gasteiger charge is -2.27. The zero-order valence-corrected chi connectivity index (χ0v) is 16.2. The summed E-state index contributed by atoms with van der Waals surface area (Å²) in [6, 6.07) is 4.68. The second-order valence-electron chi connectivity index (χ2n) is 6.20. The summed E-state index contributed by atoms with van der Waals surface area (Å²) in [5.41, 5.74) is 0. The molecule has 2 rings (SSSR count). The van der Waals surface area contributed by atoms with E-state index in [1.165, 1.54) is 17.7 Å². The Labute approximate surface area is 155 Å². The summed E-state index contributed by atoms with van der Waals surface area (Å²) in [4.78, 5) is 20.1. The molecule has 25 heavy (non-hydrogen) atoms. The van der Waals surface area contributed by atoms with Gasteiger partial charge in [-0.1, -0.05) is 13.0 Å². The average Bonchev–Trinajstić information content (AvgIpc) is 3.32. The summed E-state index contributed by atoms with van der Waals surface area (Å²) in [6.07, 6.45) is 3.48. The molecule has 1 aromatic rings. The molecule has 6 nitrogen and oxygen atoms in total. The normalized spacial score (nSPS) is 16.6. The number of hydrogen-bond donors (Lipinski definition) is 3. The fourth-order valence-electron chi connectivity index (χ4n) is 2.95. The zero-order valence-electron chi connectivity index (χ0n) is 15.4. The number of nitrogens with one attached hydrogen (secondary N) is 3. The molecule has 1 fully saturated rings. The number of guanidine groups is 1. The van der Waals surface area contributed by atoms with Crippen LogP contribution in [0.25, 0.3) is 0 Å². The van der Waals surface area contributed by atoms with Crippen molar-refractivity contribution in [1.29, 1.82) is 0 Å². The number of thiophene rings is 1. The van der Waals surface area contributed by atoms with Crippen molar-refractivity contribution in [3.8, 4) is 0 Å². The Morgan fingerprint density at radius 3 is 2.72 bits per heavy atom. The molecule has 0 spiro atoms. The molecule has 1 unspecified atom stereocenters. The fraction of sp³-hybridized carbons (Fsp3) is 0.667. The van der Waals surface area contributed by atoms with Crippen molar-refractivity contribution in [2.75, 3.05) is 39.3 Å². The second-order valence-corrected chi connectivity index (χ2v) is 7.18. The van der Waals surface area contributed by atoms with Gasteiger partial charge in [-0.3, -0.25) is 9.69 Å². The van der Waals surface area contributed by atoms with Gasteiger partial charge in [-0.25, -0.2) is 4.99 Å². The van der Waals surface area contributed by atoms with E-state index in [4.69, 9.17) is 0 Å². The molecule has 1 saturated heterocycles. The third-order valence-electron chi connectivity index (χ3n) is 4.21. The second kappa shape index (κ2) is 11.1. The first-order chi connectivity index (χ1) is 12.2. The number of likely N-dealkylation sites (tertiary alicyclic amines) is 1. The highest BCUT2D eigenvalue weighted by Gasteiger charge is 2.24. The smallest absolute Gasteiger partial charge is 0.241 e. The standard InChI is InChI=1S/C18H31N5OS/c1-3-9-20-17(24)14-22-18(19-4-2)21-13-15(16-8-7-12-25-16)23-10-5-6-11-23/h7-8,12,15H,3-6,9-11,13-14H2,1-2H3,(H,20,24)(H2,19,21,22). The largest absolute Gasteiger partial charge is 0.357 e. The van der Waals surface area contributed by atoms with Gasteiger partial charge >= 0.3 is 0 Å². The molecular formula is C18H31N5OS. The van der Waals surface area contributed by atoms with Crippen LogP contribution in [0.2, 0.25) is 0 Å². The van der Waals surface area contributed by atoms with Gasteiger partial charge < -0.3 is 16.0 Å². The maximum absolute atomic E-state index is 11.8. The van der Waals surface area contributed by atoms with E-state index in [0.717, 1.165) is 32.6 Å². The molecule has 2 heterocycles. The van der Waals surface area contributed by atoms with Crippen LogP contribution in [-0.2, 0) is 4.79 Å². The third-order valence-corrected chi connectivity index (χ3v) is 5.19. The molecular weight excluding hydrogens is 334 g/mol. The minimum atomic E-state index is -0.0339. The van der Waals surface area contributed by atoms with E-state index in [2.05, 4.69) is 43.4 Å². The lowest BCUT2D eigenvalue weighted by atomic mass is 10.2. The van der Waals surface area contributed by atoms with Gasteiger partial charge in [0.2, 0.25) is 5.91 Å². The Kier molecular flexibility index (Phi) is 8.76. The molecule has 1 aromatic heterocycles. The lowest BCUT2D eigenvalue weighted by Crippen LogP contribution is -2.43. The van der Waals surface area contributed by atoms with Gasteiger partial charge in [0.05, 0.1) is 6.04 Å². The molecule has 0 aliphatic carbocycles. The Bertz CT molecular complexity index is 526. The first-order valence-corrected chi connectivity index (χ1v) is 10.2. The van der Waals surface area contributed by atoms with Crippen LogP contribution in [0.4, 0.5) is 0 Å². The first kappa shape index (κ1) is 19.7. The molecule has 140 valence electrons. The Morgan fingerprint density at radius 1 is 1.28 bits per heavy atom. The summed E-state index contributed by atoms with van der Waals surface area (Å²) in [6.45, 7) is 8.80. The summed E-state index contributed by atoms with van der Waals surface area (Å²) in [5, 5.41) is 11.6. The number of carbonyl (C=O) groups is 1. The minimum absolute atomic E-state index is 0.0339. The van der Waals surface area contributed by atoms with Crippen LogP contribution in [0.5, 0.6) is 0 Å². The highest BCUT2D eigenvalue weighted by atomic mass is 32.1. The molecule has 3 N–H and O–H groups in total. The number of rotatable bonds is 9. The Balaban J connectivity index is 1.93. The van der Waals surface area contributed by atoms with E-state index in [9.17, 15) is 4.79 Å². The van der Waals surface area contributed by atoms with E-state index in [1.807, 2.05) is 13.8 Å². The van der Waals surface area contributed by atoms with Crippen LogP contribution < -0.4 is 16.0 Å². The first-order valence-electron chi connectivity index (χ1n) is 9.31. The van der Waals surface area contributed by atoms with Crippen molar-refractivity contribution in [2.45, 2.75) is 39.2 Å². The molecule has 7 heteroatoms. The summed E-state index contributed by atoms with van der Waals surface area (Å²) in [5.74, 6) is 0.670. The molecule has 0 radical (unpaired) electrons. The van der Waals surface area contributed by atoms with Crippen LogP contribution in [0.15, 0.2) is 22.5 Å². The number of hydrogen-bond acceptors (Lipinski definition) is 4. The maximum Gasteiger partial charge on any atom is 0.241 e. The van der Waals surface area contributed by atoms with Crippen LogP contribution in [0.3, 0.4) is 0 Å². The van der Waals surface area contributed by atoms with Crippen molar-refractivity contribution in [3.63, 3.8) is 0 Å². The maximum atomic E-state index is 11.8. The minimum Gasteiger partial charge on any atom is -0.357 e. The number of aliphatic imine (C=N–C) groups is 1. The van der Waals surface area contributed by atoms with Crippen LogP contribution in [0.1, 0.15) is 44.0 Å². The van der Waals surface area contributed by atoms with Crippen LogP contribution >= 0.6 is 11.3 Å². The SMILES string of the molecule is CCCNC(=O)CN=C(NCC)NCC(c1cccs1)N1CCCC1. The predicted octanol–water partition coefficient (Wildman–Crippen LogP) is 1.97. The third kappa shape index (κ3) is 6.66. The van der Waals surface area contributed by atoms with Crippen molar-refractivity contribution in [3.05, 3.63) is 22.4 Å². The molecule has 0 saturated carbocycles. The number of carbonyl (C=O) groups excluding carboxylic acids is 1. The molecule has 0 bridgehead atoms. The van der Waals surface area contributed by atoms with Crippen LogP contribution in [-0.4, -0.2) is 56.0 Å².